The van der Waals surface area contributed by atoms with Crippen molar-refractivity contribution >= 4 is 5.91 Å². The molecule has 0 aliphatic carbocycles. The number of nitrogens with one attached hydrogen (secondary N) is 2. The number of halogens is 2. The zero-order chi connectivity index (χ0) is 15.2. The molecule has 1 fully saturated rings. The second-order valence-electron chi connectivity index (χ2n) is 5.34. The molecule has 1 amide bonds. The molecule has 21 heavy (non-hydrogen) atoms. The van der Waals surface area contributed by atoms with E-state index in [2.05, 4.69) is 22.3 Å². The summed E-state index contributed by atoms with van der Waals surface area (Å²) in [5.41, 5.74) is 0.134. The lowest BCUT2D eigenvalue weighted by Gasteiger charge is -2.27. The number of para-hydroxylation sites is 1. The standard InChI is InChI=1S/C15H20F2N2O2/c1-10-6-7-11(8-18-10)9-19-14(20)12-4-2-3-5-13(12)21-15(16)17/h2-5,10-11,15,18H,6-9H2,1H3,(H,19,20). The van der Waals surface area contributed by atoms with E-state index in [9.17, 15) is 13.6 Å². The summed E-state index contributed by atoms with van der Waals surface area (Å²) in [6, 6.07) is 6.54. The summed E-state index contributed by atoms with van der Waals surface area (Å²) in [4.78, 5) is 12.1. The molecule has 0 aromatic heterocycles. The molecule has 1 aliphatic heterocycles. The van der Waals surface area contributed by atoms with E-state index in [1.54, 1.807) is 12.1 Å². The van der Waals surface area contributed by atoms with Crippen molar-refractivity contribution in [3.05, 3.63) is 29.8 Å². The van der Waals surface area contributed by atoms with Crippen LogP contribution in [0.5, 0.6) is 5.75 Å². The molecule has 0 radical (unpaired) electrons. The molecule has 0 spiro atoms. The van der Waals surface area contributed by atoms with Crippen LogP contribution in [0.4, 0.5) is 8.78 Å². The summed E-state index contributed by atoms with van der Waals surface area (Å²) in [6.07, 6.45) is 2.12. The van der Waals surface area contributed by atoms with Crippen molar-refractivity contribution in [2.75, 3.05) is 13.1 Å². The SMILES string of the molecule is CC1CCC(CNC(=O)c2ccccc2OC(F)F)CN1. The van der Waals surface area contributed by atoms with Crippen LogP contribution in [0.25, 0.3) is 0 Å². The highest BCUT2D eigenvalue weighted by molar-refractivity contribution is 5.96. The smallest absolute Gasteiger partial charge is 0.387 e. The van der Waals surface area contributed by atoms with Gasteiger partial charge in [-0.2, -0.15) is 8.78 Å². The molecular formula is C15H20F2N2O2. The quantitative estimate of drug-likeness (QED) is 0.877. The lowest BCUT2D eigenvalue weighted by Crippen LogP contribution is -2.42. The van der Waals surface area contributed by atoms with E-state index in [0.29, 0.717) is 18.5 Å². The number of ether oxygens (including phenoxy) is 1. The van der Waals surface area contributed by atoms with Crippen LogP contribution in [0.15, 0.2) is 24.3 Å². The van der Waals surface area contributed by atoms with Crippen LogP contribution in [-0.2, 0) is 0 Å². The fourth-order valence-corrected chi connectivity index (χ4v) is 2.42. The Kier molecular flexibility index (Phi) is 5.50. The van der Waals surface area contributed by atoms with Gasteiger partial charge >= 0.3 is 6.61 Å². The topological polar surface area (TPSA) is 50.4 Å². The number of rotatable bonds is 5. The zero-order valence-electron chi connectivity index (χ0n) is 11.9. The number of hydrogen-bond donors (Lipinski definition) is 2. The van der Waals surface area contributed by atoms with Crippen LogP contribution in [0.3, 0.4) is 0 Å². The predicted molar refractivity (Wildman–Crippen MR) is 75.6 cm³/mol. The molecule has 2 atom stereocenters. The van der Waals surface area contributed by atoms with Gasteiger partial charge in [-0.3, -0.25) is 4.79 Å². The zero-order valence-corrected chi connectivity index (χ0v) is 11.9. The van der Waals surface area contributed by atoms with Gasteiger partial charge in [0.25, 0.3) is 5.91 Å². The lowest BCUT2D eigenvalue weighted by atomic mass is 9.95. The van der Waals surface area contributed by atoms with Gasteiger partial charge in [-0.15, -0.1) is 0 Å². The van der Waals surface area contributed by atoms with E-state index in [1.807, 2.05) is 0 Å². The maximum absolute atomic E-state index is 12.3. The van der Waals surface area contributed by atoms with Crippen LogP contribution in [0.1, 0.15) is 30.1 Å². The van der Waals surface area contributed by atoms with Crippen LogP contribution in [-0.4, -0.2) is 31.7 Å². The average Bonchev–Trinajstić information content (AvgIpc) is 2.46. The van der Waals surface area contributed by atoms with Gasteiger partial charge in [0, 0.05) is 12.6 Å². The van der Waals surface area contributed by atoms with E-state index >= 15 is 0 Å². The van der Waals surface area contributed by atoms with Crippen molar-refractivity contribution in [2.24, 2.45) is 5.92 Å². The Balaban J connectivity index is 1.91. The first kappa shape index (κ1) is 15.7. The van der Waals surface area contributed by atoms with Crippen molar-refractivity contribution in [3.63, 3.8) is 0 Å². The molecule has 1 saturated heterocycles. The molecule has 1 aromatic rings. The molecule has 2 rings (SSSR count). The van der Waals surface area contributed by atoms with Gasteiger partial charge in [0.15, 0.2) is 0 Å². The minimum Gasteiger partial charge on any atom is -0.434 e. The molecule has 2 unspecified atom stereocenters. The first-order valence-electron chi connectivity index (χ1n) is 7.11. The summed E-state index contributed by atoms with van der Waals surface area (Å²) in [7, 11) is 0. The van der Waals surface area contributed by atoms with Crippen molar-refractivity contribution in [1.82, 2.24) is 10.6 Å². The Labute approximate surface area is 122 Å². The van der Waals surface area contributed by atoms with Crippen LogP contribution in [0, 0.1) is 5.92 Å². The molecule has 1 aliphatic rings. The maximum Gasteiger partial charge on any atom is 0.387 e. The third-order valence-corrected chi connectivity index (χ3v) is 3.66. The van der Waals surface area contributed by atoms with Gasteiger partial charge < -0.3 is 15.4 Å². The Morgan fingerprint density at radius 2 is 2.19 bits per heavy atom. The number of hydrogen-bond acceptors (Lipinski definition) is 3. The Hall–Kier alpha value is -1.69. The Bertz CT molecular complexity index is 474. The highest BCUT2D eigenvalue weighted by atomic mass is 19.3. The predicted octanol–water partition coefficient (Wildman–Crippen LogP) is 2.41. The van der Waals surface area contributed by atoms with E-state index in [-0.39, 0.29) is 17.2 Å². The minimum atomic E-state index is -2.94. The third-order valence-electron chi connectivity index (χ3n) is 3.66. The normalized spacial score (nSPS) is 22.1. The van der Waals surface area contributed by atoms with Gasteiger partial charge in [0.1, 0.15) is 5.75 Å². The molecule has 1 aromatic carbocycles. The molecule has 4 nitrogen and oxygen atoms in total. The number of alkyl halides is 2. The molecule has 116 valence electrons. The van der Waals surface area contributed by atoms with E-state index in [1.165, 1.54) is 12.1 Å². The number of benzene rings is 1. The summed E-state index contributed by atoms with van der Waals surface area (Å²) >= 11 is 0. The molecule has 0 bridgehead atoms. The van der Waals surface area contributed by atoms with Gasteiger partial charge in [-0.25, -0.2) is 0 Å². The van der Waals surface area contributed by atoms with E-state index < -0.39 is 6.61 Å². The second kappa shape index (κ2) is 7.36. The summed E-state index contributed by atoms with van der Waals surface area (Å²) < 4.78 is 29.0. The van der Waals surface area contributed by atoms with Gasteiger partial charge in [-0.1, -0.05) is 12.1 Å². The minimum absolute atomic E-state index is 0.0969. The number of amides is 1. The molecule has 0 saturated carbocycles. The molecule has 6 heteroatoms. The number of piperidine rings is 1. The second-order valence-corrected chi connectivity index (χ2v) is 5.34. The number of carbonyl (C=O) groups is 1. The highest BCUT2D eigenvalue weighted by Gasteiger charge is 2.20. The summed E-state index contributed by atoms with van der Waals surface area (Å²) in [5, 5.41) is 6.15. The van der Waals surface area contributed by atoms with E-state index in [4.69, 9.17) is 0 Å². The lowest BCUT2D eigenvalue weighted by molar-refractivity contribution is -0.0501. The fraction of sp³-hybridized carbons (Fsp3) is 0.533. The van der Waals surface area contributed by atoms with Gasteiger partial charge in [0.05, 0.1) is 5.56 Å². The molecule has 1 heterocycles. The van der Waals surface area contributed by atoms with Crippen molar-refractivity contribution < 1.29 is 18.3 Å². The Morgan fingerprint density at radius 1 is 1.43 bits per heavy atom. The maximum atomic E-state index is 12.3. The Morgan fingerprint density at radius 3 is 2.86 bits per heavy atom. The fourth-order valence-electron chi connectivity index (χ4n) is 2.42. The van der Waals surface area contributed by atoms with Gasteiger partial charge in [-0.05, 0) is 44.4 Å². The van der Waals surface area contributed by atoms with Gasteiger partial charge in [0.2, 0.25) is 0 Å². The monoisotopic (exact) mass is 298 g/mol. The molecule has 2 N–H and O–H groups in total. The third kappa shape index (κ3) is 4.67. The first-order chi connectivity index (χ1) is 10.1. The highest BCUT2D eigenvalue weighted by Crippen LogP contribution is 2.20. The average molecular weight is 298 g/mol. The number of carbonyl (C=O) groups excluding carboxylic acids is 1. The summed E-state index contributed by atoms with van der Waals surface area (Å²) in [5.74, 6) is -0.112. The van der Waals surface area contributed by atoms with E-state index in [0.717, 1.165) is 19.4 Å². The molecular weight excluding hydrogens is 278 g/mol. The largest absolute Gasteiger partial charge is 0.434 e. The van der Waals surface area contributed by atoms with Crippen LogP contribution in [0.2, 0.25) is 0 Å². The van der Waals surface area contributed by atoms with Crippen molar-refractivity contribution in [1.29, 1.82) is 0 Å². The van der Waals surface area contributed by atoms with Crippen molar-refractivity contribution in [2.45, 2.75) is 32.4 Å². The first-order valence-corrected chi connectivity index (χ1v) is 7.11. The van der Waals surface area contributed by atoms with Crippen LogP contribution >= 0.6 is 0 Å². The van der Waals surface area contributed by atoms with Crippen LogP contribution < -0.4 is 15.4 Å². The van der Waals surface area contributed by atoms with Crippen molar-refractivity contribution in [3.8, 4) is 5.75 Å². The summed E-state index contributed by atoms with van der Waals surface area (Å²) in [6.45, 7) is 0.577.